The molecule has 0 amide bonds. The third kappa shape index (κ3) is 6.33. The number of alkyl halides is 3. The average Bonchev–Trinajstić information content (AvgIpc) is 3.09. The molecule has 0 fully saturated rings. The third-order valence-electron chi connectivity index (χ3n) is 4.68. The fourth-order valence-electron chi connectivity index (χ4n) is 3.15. The summed E-state index contributed by atoms with van der Waals surface area (Å²) < 4.78 is 56.1. The van der Waals surface area contributed by atoms with E-state index in [1.165, 1.54) is 14.2 Å². The molecule has 1 aliphatic heterocycles. The Kier molecular flexibility index (Phi) is 8.72. The molecule has 1 aliphatic rings. The van der Waals surface area contributed by atoms with E-state index in [-0.39, 0.29) is 30.8 Å². The van der Waals surface area contributed by atoms with Gasteiger partial charge in [0.2, 0.25) is 0 Å². The molecule has 0 aromatic heterocycles. The van der Waals surface area contributed by atoms with Crippen LogP contribution in [0.1, 0.15) is 40.4 Å². The van der Waals surface area contributed by atoms with Crippen LogP contribution in [0.5, 0.6) is 11.5 Å². The van der Waals surface area contributed by atoms with Gasteiger partial charge >= 0.3 is 190 Å². The fraction of sp³-hybridized carbons (Fsp3) is 0.500. The van der Waals surface area contributed by atoms with E-state index in [0.29, 0.717) is 28.0 Å². The molecule has 11 heteroatoms. The summed E-state index contributed by atoms with van der Waals surface area (Å²) in [5, 5.41) is 10.6. The zero-order chi connectivity index (χ0) is 23.3. The number of benzene rings is 1. The minimum absolute atomic E-state index is 0.0589. The van der Waals surface area contributed by atoms with Gasteiger partial charge in [0.25, 0.3) is 0 Å². The van der Waals surface area contributed by atoms with Crippen LogP contribution in [0.15, 0.2) is 11.6 Å². The van der Waals surface area contributed by atoms with E-state index in [1.807, 2.05) is 0 Å². The number of hydrogen-bond acceptors (Lipinski definition) is 7. The van der Waals surface area contributed by atoms with E-state index >= 15 is 0 Å². The van der Waals surface area contributed by atoms with Gasteiger partial charge in [-0.15, -0.1) is 0 Å². The predicted octanol–water partition coefficient (Wildman–Crippen LogP) is 3.42. The van der Waals surface area contributed by atoms with Gasteiger partial charge in [-0.1, -0.05) is 0 Å². The first-order chi connectivity index (χ1) is 14.5. The van der Waals surface area contributed by atoms with Crippen molar-refractivity contribution in [1.82, 2.24) is 0 Å². The number of fused-ring (bicyclic) bond motifs is 1. The van der Waals surface area contributed by atoms with Crippen molar-refractivity contribution in [2.75, 3.05) is 20.8 Å². The van der Waals surface area contributed by atoms with E-state index in [1.54, 1.807) is 19.9 Å². The SMILES string of the molecule is COC(=O)[CH](C/C(C)=C/Cc1c(O)c2c(c(C)c1OC)COC2=O)[Po][O]CC(F)(F)F. The second-order valence-corrected chi connectivity index (χ2v) is 10.7. The molecule has 0 radical (unpaired) electrons. The van der Waals surface area contributed by atoms with Gasteiger partial charge in [0.05, 0.1) is 0 Å². The van der Waals surface area contributed by atoms with Crippen molar-refractivity contribution in [3.8, 4) is 11.5 Å². The predicted molar refractivity (Wildman–Crippen MR) is 104 cm³/mol. The van der Waals surface area contributed by atoms with E-state index in [0.717, 1.165) is 0 Å². The number of phenols is 1. The first kappa shape index (κ1) is 25.4. The second-order valence-electron chi connectivity index (χ2n) is 6.86. The number of esters is 2. The van der Waals surface area contributed by atoms with Crippen molar-refractivity contribution >= 4 is 35.9 Å². The Morgan fingerprint density at radius 3 is 2.61 bits per heavy atom. The molecule has 0 aliphatic carbocycles. The monoisotopic (exact) mass is 641 g/mol. The molecule has 1 aromatic rings. The van der Waals surface area contributed by atoms with Crippen LogP contribution in [0.3, 0.4) is 0 Å². The Morgan fingerprint density at radius 2 is 2.03 bits per heavy atom. The topological polar surface area (TPSA) is 91.3 Å². The quantitative estimate of drug-likeness (QED) is 0.327. The van der Waals surface area contributed by atoms with Crippen LogP contribution in [0, 0.1) is 6.92 Å². The second kappa shape index (κ2) is 10.6. The van der Waals surface area contributed by atoms with Gasteiger partial charge in [-0.2, -0.15) is 0 Å². The summed E-state index contributed by atoms with van der Waals surface area (Å²) in [5.41, 5.74) is 2.46. The van der Waals surface area contributed by atoms with Crippen LogP contribution in [-0.4, -0.2) is 68.1 Å². The summed E-state index contributed by atoms with van der Waals surface area (Å²) in [6.45, 7) is 2.15. The first-order valence-electron chi connectivity index (χ1n) is 9.17. The minimum atomic E-state index is -4.45. The van der Waals surface area contributed by atoms with Gasteiger partial charge in [0, 0.05) is 0 Å². The van der Waals surface area contributed by atoms with Crippen LogP contribution in [0.25, 0.3) is 0 Å². The van der Waals surface area contributed by atoms with E-state index in [9.17, 15) is 27.9 Å². The maximum absolute atomic E-state index is 12.3. The normalized spacial score (nSPS) is 14.8. The number of hydrogen-bond donors (Lipinski definition) is 1. The van der Waals surface area contributed by atoms with Gasteiger partial charge in [-0.3, -0.25) is 0 Å². The zero-order valence-corrected chi connectivity index (χ0v) is 20.6. The molecule has 7 nitrogen and oxygen atoms in total. The van der Waals surface area contributed by atoms with Gasteiger partial charge < -0.3 is 0 Å². The van der Waals surface area contributed by atoms with Crippen LogP contribution < -0.4 is 4.74 Å². The number of ether oxygens (including phenoxy) is 3. The number of carbonyl (C=O) groups is 2. The zero-order valence-electron chi connectivity index (χ0n) is 17.4. The van der Waals surface area contributed by atoms with Gasteiger partial charge in [-0.05, 0) is 0 Å². The molecule has 0 spiro atoms. The number of cyclic esters (lactones) is 1. The summed E-state index contributed by atoms with van der Waals surface area (Å²) in [6, 6.07) is 0. The molecule has 31 heavy (non-hydrogen) atoms. The number of aromatic hydroxyl groups is 1. The van der Waals surface area contributed by atoms with Crippen molar-refractivity contribution in [2.45, 2.75) is 43.0 Å². The molecule has 0 bridgehead atoms. The molecule has 1 N–H and O–H groups in total. The summed E-state index contributed by atoms with van der Waals surface area (Å²) >= 11 is -2.13. The number of halogens is 3. The van der Waals surface area contributed by atoms with Gasteiger partial charge in [0.15, 0.2) is 0 Å². The molecule has 1 heterocycles. The number of carbonyl (C=O) groups excluding carboxylic acids is 2. The fourth-order valence-corrected chi connectivity index (χ4v) is 6.54. The Hall–Kier alpha value is -1.85. The van der Waals surface area contributed by atoms with Crippen molar-refractivity contribution in [3.63, 3.8) is 0 Å². The van der Waals surface area contributed by atoms with E-state index in [4.69, 9.17) is 17.0 Å². The molecular weight excluding hydrogens is 618 g/mol. The Balaban J connectivity index is 2.20. The average molecular weight is 641 g/mol. The standard InChI is InChI=1S/C18H21O6.C2H2F3O.Po/c1-10(6-8-14(19)22-3)5-7-12-16(20)15-13(9-24-18(15)21)11(2)17(12)23-4;3-2(4,5)1-6;/h5,8,20H,6-7,9H2,1-4H3;1H2;/q;-1;+1/b10-5+;;. The van der Waals surface area contributed by atoms with Crippen molar-refractivity contribution in [2.24, 2.45) is 0 Å². The molecule has 0 saturated carbocycles. The number of phenolic OH excluding ortho intramolecular Hbond substituents is 1. The molecule has 1 unspecified atom stereocenters. The third-order valence-corrected chi connectivity index (χ3v) is 7.97. The molecule has 0 saturated heterocycles. The van der Waals surface area contributed by atoms with Gasteiger partial charge in [0.1, 0.15) is 0 Å². The summed E-state index contributed by atoms with van der Waals surface area (Å²) in [6.07, 6.45) is -2.37. The molecule has 2 rings (SSSR count). The van der Waals surface area contributed by atoms with Crippen molar-refractivity contribution in [1.29, 1.82) is 0 Å². The van der Waals surface area contributed by atoms with Crippen LogP contribution in [-0.2, 0) is 30.1 Å². The molecule has 1 atom stereocenters. The van der Waals surface area contributed by atoms with E-state index < -0.39 is 52.3 Å². The van der Waals surface area contributed by atoms with Crippen LogP contribution in [0.2, 0.25) is 3.58 Å². The number of allylic oxidation sites excluding steroid dienone is 2. The Labute approximate surface area is 189 Å². The summed E-state index contributed by atoms with van der Waals surface area (Å²) in [4.78, 5) is 23.9. The Morgan fingerprint density at radius 1 is 1.35 bits per heavy atom. The molecule has 1 aromatic carbocycles. The van der Waals surface area contributed by atoms with E-state index in [2.05, 4.69) is 0 Å². The molecule has 172 valence electrons. The number of rotatable bonds is 9. The number of methoxy groups -OCH3 is 2. The van der Waals surface area contributed by atoms with Crippen molar-refractivity contribution in [3.05, 3.63) is 33.9 Å². The summed E-state index contributed by atoms with van der Waals surface area (Å²) in [7, 11) is 2.62. The van der Waals surface area contributed by atoms with Crippen LogP contribution >= 0.6 is 0 Å². The van der Waals surface area contributed by atoms with Crippen LogP contribution in [0.4, 0.5) is 13.2 Å². The van der Waals surface area contributed by atoms with Gasteiger partial charge in [-0.25, -0.2) is 0 Å². The maximum atomic E-state index is 12.3. The molecular formula is C20H23F3O7Po. The Bertz CT molecular complexity index is 881. The first-order valence-corrected chi connectivity index (χ1v) is 12.3. The summed E-state index contributed by atoms with van der Waals surface area (Å²) in [5.74, 6) is -1.03. The van der Waals surface area contributed by atoms with Crippen molar-refractivity contribution < 1.29 is 44.8 Å².